The summed E-state index contributed by atoms with van der Waals surface area (Å²) in [5.41, 5.74) is 8.03. The van der Waals surface area contributed by atoms with Gasteiger partial charge in [0.1, 0.15) is 0 Å². The lowest BCUT2D eigenvalue weighted by Gasteiger charge is -2.06. The highest BCUT2D eigenvalue weighted by Crippen LogP contribution is 2.32. The first-order valence-electron chi connectivity index (χ1n) is 5.90. The zero-order valence-corrected chi connectivity index (χ0v) is 12.6. The van der Waals surface area contributed by atoms with Crippen LogP contribution in [-0.2, 0) is 6.42 Å². The lowest BCUT2D eigenvalue weighted by molar-refractivity contribution is 0.826. The number of benzene rings is 1. The van der Waals surface area contributed by atoms with E-state index in [1.165, 1.54) is 20.8 Å². The number of nitrogens with zero attached hydrogens (tertiary/aromatic N) is 1. The number of aromatic nitrogens is 1. The fourth-order valence-electron chi connectivity index (χ4n) is 1.87. The van der Waals surface area contributed by atoms with Crippen LogP contribution in [0.2, 0.25) is 0 Å². The Bertz CT molecular complexity index is 519. The number of nitrogens with two attached hydrogens (primary N) is 1. The number of aryl methyl sites for hydroxylation is 1. The van der Waals surface area contributed by atoms with Crippen molar-refractivity contribution in [2.75, 3.05) is 6.54 Å². The van der Waals surface area contributed by atoms with Crippen LogP contribution in [0.15, 0.2) is 16.6 Å². The summed E-state index contributed by atoms with van der Waals surface area (Å²) < 4.78 is 2.41. The Labute approximate surface area is 114 Å². The smallest absolute Gasteiger partial charge is 0.0939 e. The maximum atomic E-state index is 5.54. The topological polar surface area (TPSA) is 38.9 Å². The minimum atomic E-state index is 0.499. The average molecular weight is 313 g/mol. The molecule has 0 aliphatic rings. The van der Waals surface area contributed by atoms with Gasteiger partial charge in [-0.05, 0) is 36.6 Å². The second-order valence-corrected chi connectivity index (χ2v) is 6.53. The van der Waals surface area contributed by atoms with Crippen molar-refractivity contribution in [1.82, 2.24) is 4.98 Å². The molecule has 1 aromatic carbocycles. The molecule has 0 aliphatic heterocycles. The van der Waals surface area contributed by atoms with Gasteiger partial charge in [0.15, 0.2) is 0 Å². The number of hydrogen-bond acceptors (Lipinski definition) is 3. The molecule has 2 rings (SSSR count). The Morgan fingerprint density at radius 3 is 2.82 bits per heavy atom. The van der Waals surface area contributed by atoms with E-state index in [4.69, 9.17) is 10.7 Å². The van der Waals surface area contributed by atoms with Gasteiger partial charge in [0, 0.05) is 10.9 Å². The van der Waals surface area contributed by atoms with E-state index in [2.05, 4.69) is 41.9 Å². The van der Waals surface area contributed by atoms with Crippen molar-refractivity contribution in [3.63, 3.8) is 0 Å². The van der Waals surface area contributed by atoms with E-state index in [1.54, 1.807) is 11.3 Å². The predicted molar refractivity (Wildman–Crippen MR) is 78.8 cm³/mol. The van der Waals surface area contributed by atoms with E-state index in [0.717, 1.165) is 23.9 Å². The highest BCUT2D eigenvalue weighted by Gasteiger charge is 2.11. The van der Waals surface area contributed by atoms with Gasteiger partial charge in [-0.1, -0.05) is 29.8 Å². The largest absolute Gasteiger partial charge is 0.330 e. The molecule has 0 saturated heterocycles. The molecule has 0 bridgehead atoms. The van der Waals surface area contributed by atoms with Gasteiger partial charge in [-0.2, -0.15) is 0 Å². The summed E-state index contributed by atoms with van der Waals surface area (Å²) in [7, 11) is 0. The van der Waals surface area contributed by atoms with Crippen LogP contribution in [0.1, 0.15) is 36.8 Å². The summed E-state index contributed by atoms with van der Waals surface area (Å²) in [5.74, 6) is 0.499. The van der Waals surface area contributed by atoms with Crippen molar-refractivity contribution in [3.8, 4) is 0 Å². The maximum absolute atomic E-state index is 5.54. The maximum Gasteiger partial charge on any atom is 0.0939 e. The first kappa shape index (κ1) is 13.0. The fourth-order valence-corrected chi connectivity index (χ4v) is 3.58. The Hall–Kier alpha value is -0.450. The monoisotopic (exact) mass is 312 g/mol. The van der Waals surface area contributed by atoms with Gasteiger partial charge in [0.2, 0.25) is 0 Å². The standard InChI is InChI=1S/C13H17BrN2S/c1-8(2)10-6-9(14)7-11-13(10)16-12(17-11)4-3-5-15/h6-8H,3-5,15H2,1-2H3. The minimum absolute atomic E-state index is 0.499. The third-order valence-corrected chi connectivity index (χ3v) is 4.27. The van der Waals surface area contributed by atoms with Gasteiger partial charge in [-0.25, -0.2) is 4.98 Å². The number of rotatable bonds is 4. The molecule has 0 unspecified atom stereocenters. The predicted octanol–water partition coefficient (Wildman–Crippen LogP) is 4.07. The van der Waals surface area contributed by atoms with E-state index in [0.29, 0.717) is 5.92 Å². The Morgan fingerprint density at radius 1 is 1.41 bits per heavy atom. The molecule has 0 radical (unpaired) electrons. The number of thiazole rings is 1. The molecule has 0 aliphatic carbocycles. The zero-order valence-electron chi connectivity index (χ0n) is 10.2. The van der Waals surface area contributed by atoms with Crippen molar-refractivity contribution >= 4 is 37.5 Å². The molecule has 2 N–H and O–H groups in total. The Kier molecular flexibility index (Phi) is 4.17. The van der Waals surface area contributed by atoms with Crippen molar-refractivity contribution in [2.45, 2.75) is 32.6 Å². The molecule has 1 aromatic heterocycles. The highest BCUT2D eigenvalue weighted by atomic mass is 79.9. The van der Waals surface area contributed by atoms with Crippen LogP contribution >= 0.6 is 27.3 Å². The van der Waals surface area contributed by atoms with E-state index >= 15 is 0 Å². The van der Waals surface area contributed by atoms with Crippen LogP contribution in [0.25, 0.3) is 10.2 Å². The number of hydrogen-bond donors (Lipinski definition) is 1. The van der Waals surface area contributed by atoms with Gasteiger partial charge in [0.25, 0.3) is 0 Å². The van der Waals surface area contributed by atoms with Crippen molar-refractivity contribution < 1.29 is 0 Å². The molecular weight excluding hydrogens is 296 g/mol. The summed E-state index contributed by atoms with van der Waals surface area (Å²) in [6.45, 7) is 5.15. The molecular formula is C13H17BrN2S. The van der Waals surface area contributed by atoms with Gasteiger partial charge < -0.3 is 5.73 Å². The summed E-state index contributed by atoms with van der Waals surface area (Å²) in [4.78, 5) is 4.75. The molecule has 0 spiro atoms. The molecule has 17 heavy (non-hydrogen) atoms. The van der Waals surface area contributed by atoms with E-state index < -0.39 is 0 Å². The van der Waals surface area contributed by atoms with Crippen molar-refractivity contribution in [2.24, 2.45) is 5.73 Å². The fraction of sp³-hybridized carbons (Fsp3) is 0.462. The second kappa shape index (κ2) is 5.46. The van der Waals surface area contributed by atoms with Crippen LogP contribution in [0.3, 0.4) is 0 Å². The quantitative estimate of drug-likeness (QED) is 0.924. The van der Waals surface area contributed by atoms with Crippen LogP contribution < -0.4 is 5.73 Å². The zero-order chi connectivity index (χ0) is 12.4. The third-order valence-electron chi connectivity index (χ3n) is 2.75. The molecule has 1 heterocycles. The minimum Gasteiger partial charge on any atom is -0.330 e. The van der Waals surface area contributed by atoms with Crippen molar-refractivity contribution in [1.29, 1.82) is 0 Å². The van der Waals surface area contributed by atoms with Crippen molar-refractivity contribution in [3.05, 3.63) is 27.2 Å². The molecule has 0 atom stereocenters. The van der Waals surface area contributed by atoms with E-state index in [9.17, 15) is 0 Å². The van der Waals surface area contributed by atoms with E-state index in [-0.39, 0.29) is 0 Å². The molecule has 2 nitrogen and oxygen atoms in total. The van der Waals surface area contributed by atoms with E-state index in [1.807, 2.05) is 0 Å². The summed E-state index contributed by atoms with van der Waals surface area (Å²) >= 11 is 5.36. The average Bonchev–Trinajstić information content (AvgIpc) is 2.67. The van der Waals surface area contributed by atoms with Gasteiger partial charge in [-0.15, -0.1) is 11.3 Å². The lowest BCUT2D eigenvalue weighted by Crippen LogP contribution is -1.99. The molecule has 0 amide bonds. The first-order chi connectivity index (χ1) is 8.11. The lowest BCUT2D eigenvalue weighted by atomic mass is 10.0. The highest BCUT2D eigenvalue weighted by molar-refractivity contribution is 9.10. The SMILES string of the molecule is CC(C)c1cc(Br)cc2sc(CCCN)nc12. The van der Waals surface area contributed by atoms with Crippen LogP contribution in [0, 0.1) is 0 Å². The Morgan fingerprint density at radius 2 is 2.18 bits per heavy atom. The molecule has 4 heteroatoms. The second-order valence-electron chi connectivity index (χ2n) is 4.50. The summed E-state index contributed by atoms with van der Waals surface area (Å²) in [6.07, 6.45) is 2.00. The molecule has 92 valence electrons. The van der Waals surface area contributed by atoms with Crippen LogP contribution in [0.5, 0.6) is 0 Å². The summed E-state index contributed by atoms with van der Waals surface area (Å²) in [6, 6.07) is 4.34. The summed E-state index contributed by atoms with van der Waals surface area (Å²) in [5, 5.41) is 1.20. The van der Waals surface area contributed by atoms with Gasteiger partial charge in [0.05, 0.1) is 15.2 Å². The Balaban J connectivity index is 2.47. The van der Waals surface area contributed by atoms with Crippen LogP contribution in [0.4, 0.5) is 0 Å². The van der Waals surface area contributed by atoms with Gasteiger partial charge in [-0.3, -0.25) is 0 Å². The van der Waals surface area contributed by atoms with Crippen LogP contribution in [-0.4, -0.2) is 11.5 Å². The number of fused-ring (bicyclic) bond motifs is 1. The molecule has 2 aromatic rings. The molecule has 0 fully saturated rings. The normalized spacial score (nSPS) is 11.6. The molecule has 0 saturated carbocycles. The third kappa shape index (κ3) is 2.87. The van der Waals surface area contributed by atoms with Gasteiger partial charge >= 0.3 is 0 Å². The number of halogens is 1. The first-order valence-corrected chi connectivity index (χ1v) is 7.51.